The number of nitriles is 1. The molecule has 0 fully saturated rings. The number of ether oxygens (including phenoxy) is 1. The summed E-state index contributed by atoms with van der Waals surface area (Å²) in [5.74, 6) is 0.432. The molecule has 1 amide bonds. The monoisotopic (exact) mass is 411 g/mol. The molecule has 0 atom stereocenters. The highest BCUT2D eigenvalue weighted by molar-refractivity contribution is 7.17. The van der Waals surface area contributed by atoms with Crippen LogP contribution in [0.3, 0.4) is 0 Å². The van der Waals surface area contributed by atoms with Crippen molar-refractivity contribution in [2.24, 2.45) is 0 Å². The van der Waals surface area contributed by atoms with Crippen molar-refractivity contribution in [1.29, 1.82) is 5.26 Å². The second-order valence-electron chi connectivity index (χ2n) is 6.04. The SMILES string of the molecule is Cc1nc(-c2cccc(Cl)c2)sc1C(=O)Nc1cccc(OCCCC#N)c1. The Kier molecular flexibility index (Phi) is 6.64. The number of nitrogens with zero attached hydrogens (tertiary/aromatic N) is 2. The van der Waals surface area contributed by atoms with Gasteiger partial charge in [-0.15, -0.1) is 11.3 Å². The number of thiazole rings is 1. The third kappa shape index (κ3) is 5.10. The van der Waals surface area contributed by atoms with E-state index in [9.17, 15) is 4.79 Å². The summed E-state index contributed by atoms with van der Waals surface area (Å²) in [6.07, 6.45) is 1.12. The highest BCUT2D eigenvalue weighted by atomic mass is 35.5. The van der Waals surface area contributed by atoms with Crippen molar-refractivity contribution < 1.29 is 9.53 Å². The third-order valence-electron chi connectivity index (χ3n) is 3.87. The van der Waals surface area contributed by atoms with Gasteiger partial charge in [0.1, 0.15) is 15.6 Å². The number of unbranched alkanes of at least 4 members (excludes halogenated alkanes) is 1. The number of carbonyl (C=O) groups is 1. The number of aromatic nitrogens is 1. The zero-order chi connectivity index (χ0) is 19.9. The van der Waals surface area contributed by atoms with Gasteiger partial charge in [-0.25, -0.2) is 4.98 Å². The van der Waals surface area contributed by atoms with Gasteiger partial charge in [0.05, 0.1) is 18.4 Å². The van der Waals surface area contributed by atoms with Crippen LogP contribution in [-0.4, -0.2) is 17.5 Å². The van der Waals surface area contributed by atoms with Gasteiger partial charge in [0, 0.05) is 28.8 Å². The number of hydrogen-bond donors (Lipinski definition) is 1. The number of amides is 1. The molecule has 3 aromatic rings. The number of hydrogen-bond acceptors (Lipinski definition) is 5. The fourth-order valence-corrected chi connectivity index (χ4v) is 3.69. The zero-order valence-electron chi connectivity index (χ0n) is 15.2. The van der Waals surface area contributed by atoms with Crippen molar-refractivity contribution >= 4 is 34.5 Å². The minimum Gasteiger partial charge on any atom is -0.493 e. The molecular weight excluding hydrogens is 394 g/mol. The van der Waals surface area contributed by atoms with Crippen LogP contribution in [0.2, 0.25) is 5.02 Å². The number of carbonyl (C=O) groups excluding carboxylic acids is 1. The molecule has 28 heavy (non-hydrogen) atoms. The van der Waals surface area contributed by atoms with E-state index >= 15 is 0 Å². The second-order valence-corrected chi connectivity index (χ2v) is 7.47. The molecule has 0 saturated heterocycles. The van der Waals surface area contributed by atoms with Crippen LogP contribution in [0.1, 0.15) is 28.2 Å². The second kappa shape index (κ2) is 9.36. The Morgan fingerprint density at radius 1 is 1.29 bits per heavy atom. The third-order valence-corrected chi connectivity index (χ3v) is 5.31. The first-order chi connectivity index (χ1) is 13.6. The summed E-state index contributed by atoms with van der Waals surface area (Å²) in [6, 6.07) is 16.7. The molecule has 3 rings (SSSR count). The maximum Gasteiger partial charge on any atom is 0.267 e. The Balaban J connectivity index is 1.71. The number of rotatable bonds is 7. The molecule has 7 heteroatoms. The lowest BCUT2D eigenvalue weighted by molar-refractivity contribution is 0.103. The fourth-order valence-electron chi connectivity index (χ4n) is 2.54. The Labute approximate surface area is 172 Å². The number of nitrogens with one attached hydrogen (secondary N) is 1. The summed E-state index contributed by atoms with van der Waals surface area (Å²) in [4.78, 5) is 17.8. The first-order valence-electron chi connectivity index (χ1n) is 8.71. The lowest BCUT2D eigenvalue weighted by Gasteiger charge is -2.08. The van der Waals surface area contributed by atoms with Gasteiger partial charge < -0.3 is 10.1 Å². The van der Waals surface area contributed by atoms with Gasteiger partial charge in [-0.2, -0.15) is 5.26 Å². The average molecular weight is 412 g/mol. The molecule has 0 aliphatic carbocycles. The van der Waals surface area contributed by atoms with Gasteiger partial charge in [-0.3, -0.25) is 4.79 Å². The predicted octanol–water partition coefficient (Wildman–Crippen LogP) is 5.71. The molecule has 2 aromatic carbocycles. The molecule has 0 unspecified atom stereocenters. The highest BCUT2D eigenvalue weighted by Crippen LogP contribution is 2.30. The van der Waals surface area contributed by atoms with Crippen molar-refractivity contribution in [2.75, 3.05) is 11.9 Å². The Hall–Kier alpha value is -2.88. The topological polar surface area (TPSA) is 75.0 Å². The van der Waals surface area contributed by atoms with Crippen LogP contribution < -0.4 is 10.1 Å². The summed E-state index contributed by atoms with van der Waals surface area (Å²) in [5, 5.41) is 12.8. The van der Waals surface area contributed by atoms with E-state index < -0.39 is 0 Å². The zero-order valence-corrected chi connectivity index (χ0v) is 16.8. The first kappa shape index (κ1) is 19.9. The number of halogens is 1. The Morgan fingerprint density at radius 2 is 2.11 bits per heavy atom. The van der Waals surface area contributed by atoms with Crippen LogP contribution >= 0.6 is 22.9 Å². The van der Waals surface area contributed by atoms with Crippen LogP contribution in [0, 0.1) is 18.3 Å². The summed E-state index contributed by atoms with van der Waals surface area (Å²) in [7, 11) is 0. The van der Waals surface area contributed by atoms with Crippen molar-refractivity contribution in [3.63, 3.8) is 0 Å². The van der Waals surface area contributed by atoms with Gasteiger partial charge in [-0.05, 0) is 37.6 Å². The van der Waals surface area contributed by atoms with E-state index in [1.54, 1.807) is 18.2 Å². The van der Waals surface area contributed by atoms with Gasteiger partial charge in [0.2, 0.25) is 0 Å². The Bertz CT molecular complexity index is 1030. The minimum atomic E-state index is -0.218. The van der Waals surface area contributed by atoms with E-state index in [0.29, 0.717) is 46.5 Å². The van der Waals surface area contributed by atoms with Crippen LogP contribution in [0.25, 0.3) is 10.6 Å². The molecule has 0 bridgehead atoms. The molecule has 0 radical (unpaired) electrons. The lowest BCUT2D eigenvalue weighted by Crippen LogP contribution is -2.11. The smallest absolute Gasteiger partial charge is 0.267 e. The van der Waals surface area contributed by atoms with E-state index in [-0.39, 0.29) is 5.91 Å². The van der Waals surface area contributed by atoms with Crippen LogP contribution in [0.4, 0.5) is 5.69 Å². The fraction of sp³-hybridized carbons (Fsp3) is 0.190. The van der Waals surface area contributed by atoms with Gasteiger partial charge in [0.25, 0.3) is 5.91 Å². The van der Waals surface area contributed by atoms with E-state index in [1.807, 2.05) is 37.3 Å². The van der Waals surface area contributed by atoms with E-state index in [4.69, 9.17) is 21.6 Å². The summed E-state index contributed by atoms with van der Waals surface area (Å²) in [6.45, 7) is 2.27. The molecule has 0 aliphatic heterocycles. The average Bonchev–Trinajstić information content (AvgIpc) is 3.07. The van der Waals surface area contributed by atoms with Crippen molar-refractivity contribution in [3.05, 3.63) is 64.1 Å². The maximum atomic E-state index is 12.7. The first-order valence-corrected chi connectivity index (χ1v) is 9.91. The van der Waals surface area contributed by atoms with Gasteiger partial charge in [-0.1, -0.05) is 29.8 Å². The highest BCUT2D eigenvalue weighted by Gasteiger charge is 2.17. The van der Waals surface area contributed by atoms with Crippen LogP contribution in [0.15, 0.2) is 48.5 Å². The molecule has 0 spiro atoms. The van der Waals surface area contributed by atoms with E-state index in [0.717, 1.165) is 10.6 Å². The van der Waals surface area contributed by atoms with E-state index in [1.165, 1.54) is 11.3 Å². The van der Waals surface area contributed by atoms with Crippen molar-refractivity contribution in [2.45, 2.75) is 19.8 Å². The lowest BCUT2D eigenvalue weighted by atomic mass is 10.2. The normalized spacial score (nSPS) is 10.3. The summed E-state index contributed by atoms with van der Waals surface area (Å²) < 4.78 is 5.61. The maximum absolute atomic E-state index is 12.7. The Morgan fingerprint density at radius 3 is 2.89 bits per heavy atom. The molecule has 0 aliphatic rings. The summed E-state index contributed by atoms with van der Waals surface area (Å²) in [5.41, 5.74) is 2.19. The summed E-state index contributed by atoms with van der Waals surface area (Å²) >= 11 is 7.38. The molecule has 1 N–H and O–H groups in total. The molecule has 1 aromatic heterocycles. The molecule has 5 nitrogen and oxygen atoms in total. The van der Waals surface area contributed by atoms with Crippen molar-refractivity contribution in [1.82, 2.24) is 4.98 Å². The van der Waals surface area contributed by atoms with Gasteiger partial charge in [0.15, 0.2) is 0 Å². The number of anilines is 1. The standard InChI is InChI=1S/C21H18ClN3O2S/c1-14-19(28-21(24-14)15-6-4-7-16(22)12-15)20(26)25-17-8-5-9-18(13-17)27-11-3-2-10-23/h4-9,12-13H,2-3,11H2,1H3,(H,25,26). The van der Waals surface area contributed by atoms with Crippen LogP contribution in [-0.2, 0) is 0 Å². The predicted molar refractivity (Wildman–Crippen MR) is 112 cm³/mol. The largest absolute Gasteiger partial charge is 0.493 e. The molecule has 142 valence electrons. The quantitative estimate of drug-likeness (QED) is 0.505. The molecular formula is C21H18ClN3O2S. The van der Waals surface area contributed by atoms with Crippen molar-refractivity contribution in [3.8, 4) is 22.4 Å². The number of benzene rings is 2. The van der Waals surface area contributed by atoms with Gasteiger partial charge >= 0.3 is 0 Å². The van der Waals surface area contributed by atoms with Crippen LogP contribution in [0.5, 0.6) is 5.75 Å². The number of aryl methyl sites for hydroxylation is 1. The molecule has 1 heterocycles. The van der Waals surface area contributed by atoms with E-state index in [2.05, 4.69) is 16.4 Å². The molecule has 0 saturated carbocycles. The minimum absolute atomic E-state index is 0.218.